The van der Waals surface area contributed by atoms with E-state index in [1.807, 2.05) is 0 Å². The minimum atomic E-state index is 0. The summed E-state index contributed by atoms with van der Waals surface area (Å²) in [6.45, 7) is 6.31. The van der Waals surface area contributed by atoms with Gasteiger partial charge in [-0.3, -0.25) is 4.79 Å². The fourth-order valence-electron chi connectivity index (χ4n) is 2.94. The molecule has 120 valence electrons. The van der Waals surface area contributed by atoms with Crippen LogP contribution in [0.3, 0.4) is 0 Å². The van der Waals surface area contributed by atoms with Crippen molar-refractivity contribution in [1.29, 1.82) is 0 Å². The topological polar surface area (TPSA) is 46.3 Å². The second-order valence-corrected chi connectivity index (χ2v) is 6.01. The van der Waals surface area contributed by atoms with Crippen molar-refractivity contribution in [2.24, 2.45) is 11.7 Å². The number of halogens is 1. The van der Waals surface area contributed by atoms with Gasteiger partial charge in [0, 0.05) is 25.0 Å². The van der Waals surface area contributed by atoms with Gasteiger partial charge in [0.1, 0.15) is 0 Å². The third kappa shape index (κ3) is 6.94. The third-order valence-corrected chi connectivity index (χ3v) is 4.20. The average Bonchev–Trinajstić information content (AvgIpc) is 2.83. The largest absolute Gasteiger partial charge is 0.342 e. The van der Waals surface area contributed by atoms with Crippen LogP contribution in [-0.2, 0) is 4.79 Å². The van der Waals surface area contributed by atoms with Gasteiger partial charge in [-0.1, -0.05) is 39.5 Å². The Kier molecular flexibility index (Phi) is 11.2. The van der Waals surface area contributed by atoms with Gasteiger partial charge < -0.3 is 10.6 Å². The molecule has 4 heteroatoms. The Labute approximate surface area is 131 Å². The standard InChI is InChI=1S/C16H32N2O.ClH/c1-3-5-7-11-18(12-8-6-4-2)16(19)14-9-10-15(17)13-14;/h14-15H,3-13,17H2,1-2H3;1H. The van der Waals surface area contributed by atoms with Gasteiger partial charge in [0.15, 0.2) is 0 Å². The van der Waals surface area contributed by atoms with Crippen LogP contribution >= 0.6 is 12.4 Å². The third-order valence-electron chi connectivity index (χ3n) is 4.20. The minimum absolute atomic E-state index is 0. The average molecular weight is 305 g/mol. The first kappa shape index (κ1) is 19.7. The van der Waals surface area contributed by atoms with Gasteiger partial charge in [0.25, 0.3) is 0 Å². The Morgan fingerprint density at radius 3 is 2.00 bits per heavy atom. The van der Waals surface area contributed by atoms with Crippen molar-refractivity contribution in [3.05, 3.63) is 0 Å². The molecule has 2 atom stereocenters. The van der Waals surface area contributed by atoms with Crippen molar-refractivity contribution in [3.63, 3.8) is 0 Å². The highest BCUT2D eigenvalue weighted by molar-refractivity contribution is 5.85. The van der Waals surface area contributed by atoms with Crippen molar-refractivity contribution in [2.45, 2.75) is 77.7 Å². The van der Waals surface area contributed by atoms with E-state index in [2.05, 4.69) is 18.7 Å². The van der Waals surface area contributed by atoms with E-state index in [1.165, 1.54) is 25.7 Å². The molecule has 0 spiro atoms. The number of carbonyl (C=O) groups excluding carboxylic acids is 1. The molecule has 2 N–H and O–H groups in total. The van der Waals surface area contributed by atoms with Crippen LogP contribution < -0.4 is 5.73 Å². The maximum Gasteiger partial charge on any atom is 0.225 e. The molecule has 3 nitrogen and oxygen atoms in total. The Bertz CT molecular complexity index is 251. The van der Waals surface area contributed by atoms with Gasteiger partial charge in [-0.25, -0.2) is 0 Å². The Morgan fingerprint density at radius 2 is 1.60 bits per heavy atom. The molecule has 0 radical (unpaired) electrons. The quantitative estimate of drug-likeness (QED) is 0.660. The fraction of sp³-hybridized carbons (Fsp3) is 0.938. The molecule has 0 aromatic rings. The minimum Gasteiger partial charge on any atom is -0.342 e. The molecule has 20 heavy (non-hydrogen) atoms. The molecular formula is C16H33ClN2O. The van der Waals surface area contributed by atoms with E-state index in [0.29, 0.717) is 5.91 Å². The Morgan fingerprint density at radius 1 is 1.05 bits per heavy atom. The van der Waals surface area contributed by atoms with Crippen LogP contribution in [0.5, 0.6) is 0 Å². The first-order chi connectivity index (χ1) is 9.19. The maximum atomic E-state index is 12.5. The van der Waals surface area contributed by atoms with Crippen molar-refractivity contribution in [3.8, 4) is 0 Å². The molecule has 0 aromatic heterocycles. The lowest BCUT2D eigenvalue weighted by molar-refractivity contribution is -0.135. The lowest BCUT2D eigenvalue weighted by Crippen LogP contribution is -2.37. The van der Waals surface area contributed by atoms with E-state index in [1.54, 1.807) is 0 Å². The van der Waals surface area contributed by atoms with E-state index < -0.39 is 0 Å². The van der Waals surface area contributed by atoms with Gasteiger partial charge in [-0.2, -0.15) is 0 Å². The van der Waals surface area contributed by atoms with E-state index in [9.17, 15) is 4.79 Å². The van der Waals surface area contributed by atoms with Crippen LogP contribution in [0.4, 0.5) is 0 Å². The first-order valence-corrected chi connectivity index (χ1v) is 8.23. The number of unbranched alkanes of at least 4 members (excludes halogenated alkanes) is 4. The van der Waals surface area contributed by atoms with E-state index in [0.717, 1.165) is 45.2 Å². The van der Waals surface area contributed by atoms with Gasteiger partial charge in [0.05, 0.1) is 0 Å². The molecule has 1 saturated carbocycles. The number of hydrogen-bond donors (Lipinski definition) is 1. The molecule has 0 bridgehead atoms. The summed E-state index contributed by atoms with van der Waals surface area (Å²) in [5.41, 5.74) is 5.94. The van der Waals surface area contributed by atoms with Gasteiger partial charge in [-0.05, 0) is 32.1 Å². The normalized spacial score (nSPS) is 21.6. The van der Waals surface area contributed by atoms with E-state index >= 15 is 0 Å². The fourth-order valence-corrected chi connectivity index (χ4v) is 2.94. The van der Waals surface area contributed by atoms with E-state index in [4.69, 9.17) is 5.73 Å². The molecule has 1 amide bonds. The molecule has 0 saturated heterocycles. The number of nitrogens with two attached hydrogens (primary N) is 1. The highest BCUT2D eigenvalue weighted by atomic mass is 35.5. The van der Waals surface area contributed by atoms with Crippen molar-refractivity contribution in [2.75, 3.05) is 13.1 Å². The van der Waals surface area contributed by atoms with Gasteiger partial charge in [0.2, 0.25) is 5.91 Å². The summed E-state index contributed by atoms with van der Waals surface area (Å²) in [4.78, 5) is 14.7. The lowest BCUT2D eigenvalue weighted by atomic mass is 10.1. The lowest BCUT2D eigenvalue weighted by Gasteiger charge is -2.26. The maximum absolute atomic E-state index is 12.5. The van der Waals surface area contributed by atoms with Crippen LogP contribution in [0.25, 0.3) is 0 Å². The van der Waals surface area contributed by atoms with Crippen molar-refractivity contribution >= 4 is 18.3 Å². The first-order valence-electron chi connectivity index (χ1n) is 8.23. The highest BCUT2D eigenvalue weighted by Gasteiger charge is 2.30. The highest BCUT2D eigenvalue weighted by Crippen LogP contribution is 2.26. The Balaban J connectivity index is 0.00000361. The summed E-state index contributed by atoms with van der Waals surface area (Å²) in [7, 11) is 0. The molecule has 0 aromatic carbocycles. The Hall–Kier alpha value is -0.280. The summed E-state index contributed by atoms with van der Waals surface area (Å²) in [5.74, 6) is 0.582. The van der Waals surface area contributed by atoms with Crippen LogP contribution in [0, 0.1) is 5.92 Å². The molecule has 1 aliphatic rings. The van der Waals surface area contributed by atoms with Gasteiger partial charge in [-0.15, -0.1) is 12.4 Å². The number of carbonyl (C=O) groups is 1. The summed E-state index contributed by atoms with van der Waals surface area (Å²) in [6, 6.07) is 0.252. The number of nitrogens with zero attached hydrogens (tertiary/aromatic N) is 1. The zero-order valence-corrected chi connectivity index (χ0v) is 14.1. The molecule has 0 aliphatic heterocycles. The van der Waals surface area contributed by atoms with Crippen LogP contribution in [0.15, 0.2) is 0 Å². The van der Waals surface area contributed by atoms with Crippen LogP contribution in [-0.4, -0.2) is 29.9 Å². The molecule has 2 unspecified atom stereocenters. The zero-order chi connectivity index (χ0) is 14.1. The second-order valence-electron chi connectivity index (χ2n) is 6.01. The predicted octanol–water partition coefficient (Wildman–Crippen LogP) is 3.74. The SMILES string of the molecule is CCCCCN(CCCCC)C(=O)C1CCC(N)C1.Cl. The number of rotatable bonds is 9. The van der Waals surface area contributed by atoms with Crippen LogP contribution in [0.2, 0.25) is 0 Å². The van der Waals surface area contributed by atoms with E-state index in [-0.39, 0.29) is 24.4 Å². The second kappa shape index (κ2) is 11.4. The smallest absolute Gasteiger partial charge is 0.225 e. The molecule has 1 rings (SSSR count). The van der Waals surface area contributed by atoms with Crippen LogP contribution in [0.1, 0.15) is 71.6 Å². The summed E-state index contributed by atoms with van der Waals surface area (Å²) < 4.78 is 0. The number of hydrogen-bond acceptors (Lipinski definition) is 2. The molecular weight excluding hydrogens is 272 g/mol. The number of amides is 1. The molecule has 1 fully saturated rings. The van der Waals surface area contributed by atoms with Crippen molar-refractivity contribution < 1.29 is 4.79 Å². The summed E-state index contributed by atoms with van der Waals surface area (Å²) in [5, 5.41) is 0. The molecule has 1 aliphatic carbocycles. The monoisotopic (exact) mass is 304 g/mol. The summed E-state index contributed by atoms with van der Waals surface area (Å²) in [6.07, 6.45) is 10.1. The molecule has 0 heterocycles. The summed E-state index contributed by atoms with van der Waals surface area (Å²) >= 11 is 0. The van der Waals surface area contributed by atoms with Crippen molar-refractivity contribution in [1.82, 2.24) is 4.90 Å². The predicted molar refractivity (Wildman–Crippen MR) is 88.2 cm³/mol. The van der Waals surface area contributed by atoms with Gasteiger partial charge >= 0.3 is 0 Å². The zero-order valence-electron chi connectivity index (χ0n) is 13.3.